The summed E-state index contributed by atoms with van der Waals surface area (Å²) in [6, 6.07) is 0. The fraction of sp³-hybridized carbons (Fsp3) is 1.00. The van der Waals surface area contributed by atoms with Gasteiger partial charge in [-0.3, -0.25) is 0 Å². The van der Waals surface area contributed by atoms with Crippen LogP contribution in [-0.4, -0.2) is 31.4 Å². The highest BCUT2D eigenvalue weighted by atomic mass is 35.6. The molecule has 0 heterocycles. The normalized spacial score (nSPS) is 13.8. The zero-order chi connectivity index (χ0) is 10.7. The van der Waals surface area contributed by atoms with Gasteiger partial charge in [-0.1, -0.05) is 0 Å². The van der Waals surface area contributed by atoms with Gasteiger partial charge in [0.1, 0.15) is 5.91 Å². The maximum absolute atomic E-state index is 5.80. The Labute approximate surface area is 90.7 Å². The summed E-state index contributed by atoms with van der Waals surface area (Å²) in [6.07, 6.45) is 0. The predicted octanol–water partition coefficient (Wildman–Crippen LogP) is 2.83. The first-order chi connectivity index (χ1) is 5.64. The molecule has 2 nitrogen and oxygen atoms in total. The van der Waals surface area contributed by atoms with Crippen molar-refractivity contribution >= 4 is 36.5 Å². The van der Waals surface area contributed by atoms with Crippen LogP contribution < -0.4 is 0 Å². The molecule has 13 heavy (non-hydrogen) atoms. The summed E-state index contributed by atoms with van der Waals surface area (Å²) in [7, 11) is -2.85. The Morgan fingerprint density at radius 2 is 1.23 bits per heavy atom. The summed E-state index contributed by atoms with van der Waals surface area (Å²) in [4.78, 5) is 0. The molecular formula is C7H19ClO2Si3. The topological polar surface area (TPSA) is 18.5 Å². The quantitative estimate of drug-likeness (QED) is 0.427. The Morgan fingerprint density at radius 3 is 1.38 bits per heavy atom. The van der Waals surface area contributed by atoms with Crippen LogP contribution in [0.15, 0.2) is 0 Å². The van der Waals surface area contributed by atoms with Gasteiger partial charge in [-0.2, -0.15) is 11.1 Å². The van der Waals surface area contributed by atoms with Gasteiger partial charge in [-0.15, -0.1) is 0 Å². The molecule has 78 valence electrons. The van der Waals surface area contributed by atoms with Crippen LogP contribution in [0.5, 0.6) is 0 Å². The summed E-state index contributed by atoms with van der Waals surface area (Å²) in [5.74, 6) is -0.181. The molecule has 2 radical (unpaired) electrons. The zero-order valence-electron chi connectivity index (χ0n) is 9.27. The second kappa shape index (κ2) is 5.09. The molecule has 0 N–H and O–H groups in total. The Kier molecular flexibility index (Phi) is 5.42. The minimum absolute atomic E-state index is 0.181. The van der Waals surface area contributed by atoms with Crippen molar-refractivity contribution in [1.29, 1.82) is 0 Å². The third-order valence-corrected chi connectivity index (χ3v) is 4.27. The van der Waals surface area contributed by atoms with Crippen molar-refractivity contribution in [3.05, 3.63) is 0 Å². The lowest BCUT2D eigenvalue weighted by Crippen LogP contribution is -2.41. The molecule has 0 saturated carbocycles. The Balaban J connectivity index is 4.05. The average Bonchev–Trinajstić information content (AvgIpc) is 1.79. The van der Waals surface area contributed by atoms with Gasteiger partial charge in [0.05, 0.1) is 0 Å². The second-order valence-electron chi connectivity index (χ2n) is 4.90. The molecule has 0 atom stereocenters. The number of halogens is 1. The first kappa shape index (κ1) is 13.9. The highest BCUT2D eigenvalue weighted by molar-refractivity contribution is 6.94. The van der Waals surface area contributed by atoms with Crippen molar-refractivity contribution < 1.29 is 8.85 Å². The maximum Gasteiger partial charge on any atom is 0.241 e. The molecule has 0 bridgehead atoms. The molecule has 0 amide bonds. The van der Waals surface area contributed by atoms with Gasteiger partial charge in [-0.25, -0.2) is 0 Å². The van der Waals surface area contributed by atoms with E-state index in [1.165, 1.54) is 0 Å². The van der Waals surface area contributed by atoms with Crippen molar-refractivity contribution in [1.82, 2.24) is 0 Å². The standard InChI is InChI=1S/C7H19ClO2Si3/c1-12(2,3)9-7(11-8)10-13(4,5)6/h7H,1-6H3. The van der Waals surface area contributed by atoms with Gasteiger partial charge in [0, 0.05) is 0 Å². The fourth-order valence-corrected chi connectivity index (χ4v) is 5.47. The maximum atomic E-state index is 5.80. The van der Waals surface area contributed by atoms with Gasteiger partial charge in [-0.05, 0) is 39.3 Å². The predicted molar refractivity (Wildman–Crippen MR) is 64.3 cm³/mol. The van der Waals surface area contributed by atoms with Gasteiger partial charge >= 0.3 is 0 Å². The molecule has 0 aliphatic heterocycles. The average molecular weight is 255 g/mol. The molecule has 0 spiro atoms. The van der Waals surface area contributed by atoms with E-state index in [2.05, 4.69) is 39.3 Å². The molecule has 0 aromatic heterocycles. The van der Waals surface area contributed by atoms with Crippen LogP contribution >= 0.6 is 11.1 Å². The first-order valence-corrected chi connectivity index (χ1v) is 13.3. The van der Waals surface area contributed by atoms with Crippen molar-refractivity contribution in [2.24, 2.45) is 0 Å². The summed E-state index contributed by atoms with van der Waals surface area (Å²) >= 11 is 5.80. The number of hydrogen-bond acceptors (Lipinski definition) is 2. The lowest BCUT2D eigenvalue weighted by Gasteiger charge is -2.29. The number of hydrogen-bond donors (Lipinski definition) is 0. The van der Waals surface area contributed by atoms with Crippen LogP contribution in [0.1, 0.15) is 0 Å². The highest BCUT2D eigenvalue weighted by Crippen LogP contribution is 2.13. The SMILES string of the molecule is C[Si](C)(C)OC(O[Si](C)(C)C)[Si]Cl. The molecular weight excluding hydrogens is 236 g/mol. The Hall–Kier alpha value is 0.861. The number of rotatable bonds is 5. The van der Waals surface area contributed by atoms with Crippen LogP contribution in [0.25, 0.3) is 0 Å². The van der Waals surface area contributed by atoms with Crippen LogP contribution in [0.3, 0.4) is 0 Å². The monoisotopic (exact) mass is 254 g/mol. The molecule has 0 fully saturated rings. The van der Waals surface area contributed by atoms with Crippen molar-refractivity contribution in [2.75, 3.05) is 0 Å². The van der Waals surface area contributed by atoms with Crippen molar-refractivity contribution in [2.45, 2.75) is 45.2 Å². The lowest BCUT2D eigenvalue weighted by atomic mass is 11.5. The molecule has 0 unspecified atom stereocenters. The van der Waals surface area contributed by atoms with E-state index in [4.69, 9.17) is 19.9 Å². The molecule has 0 aromatic rings. The summed E-state index contributed by atoms with van der Waals surface area (Å²) < 4.78 is 11.6. The van der Waals surface area contributed by atoms with Crippen LogP contribution in [0.2, 0.25) is 39.3 Å². The van der Waals surface area contributed by atoms with Gasteiger partial charge in [0.15, 0.2) is 16.6 Å². The van der Waals surface area contributed by atoms with E-state index in [1.807, 2.05) is 0 Å². The molecule has 0 aromatic carbocycles. The summed E-state index contributed by atoms with van der Waals surface area (Å²) in [5.41, 5.74) is 0. The first-order valence-electron chi connectivity index (χ1n) is 4.36. The molecule has 0 aliphatic carbocycles. The van der Waals surface area contributed by atoms with Crippen LogP contribution in [0, 0.1) is 0 Å². The van der Waals surface area contributed by atoms with E-state index < -0.39 is 16.6 Å². The molecule has 0 saturated heterocycles. The van der Waals surface area contributed by atoms with Crippen molar-refractivity contribution in [3.8, 4) is 0 Å². The minimum atomic E-state index is -1.52. The molecule has 6 heteroatoms. The summed E-state index contributed by atoms with van der Waals surface area (Å²) in [5, 5.41) is 0. The van der Waals surface area contributed by atoms with E-state index in [0.29, 0.717) is 0 Å². The smallest absolute Gasteiger partial charge is 0.241 e. The second-order valence-corrected chi connectivity index (χ2v) is 15.2. The largest absolute Gasteiger partial charge is 0.396 e. The van der Waals surface area contributed by atoms with E-state index in [1.54, 1.807) is 0 Å². The third kappa shape index (κ3) is 9.17. The van der Waals surface area contributed by atoms with Crippen molar-refractivity contribution in [3.63, 3.8) is 0 Å². The molecule has 0 aliphatic rings. The van der Waals surface area contributed by atoms with Crippen LogP contribution in [-0.2, 0) is 8.85 Å². The van der Waals surface area contributed by atoms with Gasteiger partial charge < -0.3 is 8.85 Å². The third-order valence-electron chi connectivity index (χ3n) is 1.01. The Bertz CT molecular complexity index is 137. The fourth-order valence-electron chi connectivity index (χ4n) is 0.711. The Morgan fingerprint density at radius 1 is 0.923 bits per heavy atom. The van der Waals surface area contributed by atoms with Gasteiger partial charge in [0.25, 0.3) is 0 Å². The minimum Gasteiger partial charge on any atom is -0.396 e. The van der Waals surface area contributed by atoms with Crippen LogP contribution in [0.4, 0.5) is 0 Å². The van der Waals surface area contributed by atoms with E-state index in [0.717, 1.165) is 0 Å². The van der Waals surface area contributed by atoms with E-state index in [-0.39, 0.29) is 14.7 Å². The van der Waals surface area contributed by atoms with E-state index in [9.17, 15) is 0 Å². The lowest BCUT2D eigenvalue weighted by molar-refractivity contribution is 0.0629. The highest BCUT2D eigenvalue weighted by Gasteiger charge is 2.26. The van der Waals surface area contributed by atoms with E-state index >= 15 is 0 Å². The zero-order valence-corrected chi connectivity index (χ0v) is 13.0. The molecule has 0 rings (SSSR count). The summed E-state index contributed by atoms with van der Waals surface area (Å²) in [6.45, 7) is 12.9. The van der Waals surface area contributed by atoms with Gasteiger partial charge in [0.2, 0.25) is 8.83 Å².